The van der Waals surface area contributed by atoms with E-state index in [1.165, 1.54) is 11.7 Å². The Kier molecular flexibility index (Phi) is 6.00. The van der Waals surface area contributed by atoms with Crippen LogP contribution in [0.25, 0.3) is 16.7 Å². The van der Waals surface area contributed by atoms with Crippen molar-refractivity contribution in [3.63, 3.8) is 0 Å². The number of likely N-dealkylation sites (tertiary alicyclic amines) is 1. The number of ether oxygens (including phenoxy) is 1. The molecule has 35 heavy (non-hydrogen) atoms. The number of fused-ring (bicyclic) bond motifs is 1. The highest BCUT2D eigenvalue weighted by Gasteiger charge is 2.31. The lowest BCUT2D eigenvalue weighted by Gasteiger charge is -2.31. The van der Waals surface area contributed by atoms with Gasteiger partial charge in [0.15, 0.2) is 5.65 Å². The number of nitrogens with zero attached hydrogens (tertiary/aromatic N) is 4. The van der Waals surface area contributed by atoms with Gasteiger partial charge in [-0.25, -0.2) is 23.7 Å². The summed E-state index contributed by atoms with van der Waals surface area (Å²) in [6, 6.07) is 10.4. The number of aromatic nitrogens is 3. The number of esters is 1. The van der Waals surface area contributed by atoms with Crippen LogP contribution in [0.1, 0.15) is 54.6 Å². The Balaban J connectivity index is 1.76. The van der Waals surface area contributed by atoms with Crippen molar-refractivity contribution in [1.82, 2.24) is 19.0 Å². The Morgan fingerprint density at radius 1 is 1.11 bits per heavy atom. The Morgan fingerprint density at radius 3 is 2.51 bits per heavy atom. The largest absolute Gasteiger partial charge is 0.465 e. The first-order chi connectivity index (χ1) is 16.9. The molecule has 1 amide bonds. The van der Waals surface area contributed by atoms with E-state index in [4.69, 9.17) is 4.74 Å². The van der Waals surface area contributed by atoms with Crippen molar-refractivity contribution in [2.24, 2.45) is 5.92 Å². The van der Waals surface area contributed by atoms with Gasteiger partial charge in [-0.3, -0.25) is 9.59 Å². The van der Waals surface area contributed by atoms with Gasteiger partial charge in [-0.05, 0) is 49.8 Å². The summed E-state index contributed by atoms with van der Waals surface area (Å²) < 4.78 is 7.22. The number of benzene rings is 1. The maximum absolute atomic E-state index is 13.7. The number of carbonyl (C=O) groups is 2. The van der Waals surface area contributed by atoms with Gasteiger partial charge in [0.05, 0.1) is 23.7 Å². The monoisotopic (exact) mass is 476 g/mol. The van der Waals surface area contributed by atoms with Crippen LogP contribution in [-0.4, -0.2) is 51.1 Å². The molecule has 2 fully saturated rings. The van der Waals surface area contributed by atoms with Crippen LogP contribution in [-0.2, 0) is 16.1 Å². The lowest BCUT2D eigenvalue weighted by atomic mass is 10.0. The van der Waals surface area contributed by atoms with E-state index in [2.05, 4.69) is 11.9 Å². The van der Waals surface area contributed by atoms with Crippen LogP contribution in [0, 0.1) is 5.92 Å². The van der Waals surface area contributed by atoms with E-state index < -0.39 is 23.8 Å². The van der Waals surface area contributed by atoms with Crippen LogP contribution in [0.5, 0.6) is 0 Å². The standard InChI is InChI=1S/C26H28N4O5/c1-16-7-6-12-28(14-16)21(31)15-29-24(32)22-19(25(33)35-2)13-20(17-10-11-17)27-23(22)30(26(29)34)18-8-4-3-5-9-18/h3-5,8-9,13,16-17H,6-7,10-12,14-15H2,1-2H3/t16-/m1/s1. The van der Waals surface area contributed by atoms with E-state index >= 15 is 0 Å². The maximum atomic E-state index is 13.7. The molecule has 3 heterocycles. The summed E-state index contributed by atoms with van der Waals surface area (Å²) in [6.45, 7) is 2.86. The third-order valence-corrected chi connectivity index (χ3v) is 6.83. The molecule has 0 N–H and O–H groups in total. The highest BCUT2D eigenvalue weighted by atomic mass is 16.5. The predicted molar refractivity (Wildman–Crippen MR) is 130 cm³/mol. The fraction of sp³-hybridized carbons (Fsp3) is 0.423. The summed E-state index contributed by atoms with van der Waals surface area (Å²) in [4.78, 5) is 59.7. The third-order valence-electron chi connectivity index (χ3n) is 6.83. The third kappa shape index (κ3) is 4.26. The Labute approximate surface area is 202 Å². The average Bonchev–Trinajstić information content (AvgIpc) is 3.71. The van der Waals surface area contributed by atoms with Gasteiger partial charge in [-0.2, -0.15) is 0 Å². The van der Waals surface area contributed by atoms with Crippen LogP contribution in [0.15, 0.2) is 46.0 Å². The molecule has 2 aliphatic rings. The minimum Gasteiger partial charge on any atom is -0.465 e. The van der Waals surface area contributed by atoms with E-state index in [-0.39, 0.29) is 28.4 Å². The second-order valence-corrected chi connectivity index (χ2v) is 9.49. The van der Waals surface area contributed by atoms with Gasteiger partial charge in [-0.15, -0.1) is 0 Å². The van der Waals surface area contributed by atoms with Gasteiger partial charge in [-0.1, -0.05) is 25.1 Å². The van der Waals surface area contributed by atoms with Crippen molar-refractivity contribution in [2.75, 3.05) is 20.2 Å². The quantitative estimate of drug-likeness (QED) is 0.524. The van der Waals surface area contributed by atoms with Crippen molar-refractivity contribution in [3.05, 3.63) is 68.5 Å². The number of pyridine rings is 1. The van der Waals surface area contributed by atoms with Crippen LogP contribution in [0.3, 0.4) is 0 Å². The SMILES string of the molecule is COC(=O)c1cc(C2CC2)nc2c1c(=O)n(CC(=O)N1CCC[C@@H](C)C1)c(=O)n2-c1ccccc1. The molecule has 9 heteroatoms. The average molecular weight is 477 g/mol. The van der Waals surface area contributed by atoms with E-state index in [1.807, 2.05) is 6.07 Å². The summed E-state index contributed by atoms with van der Waals surface area (Å²) in [6.07, 6.45) is 3.77. The van der Waals surface area contributed by atoms with E-state index in [0.717, 1.165) is 30.3 Å². The van der Waals surface area contributed by atoms with E-state index in [0.29, 0.717) is 30.4 Å². The molecule has 0 radical (unpaired) electrons. The normalized spacial score (nSPS) is 18.0. The van der Waals surface area contributed by atoms with Crippen molar-refractivity contribution in [1.29, 1.82) is 0 Å². The van der Waals surface area contributed by atoms with Gasteiger partial charge < -0.3 is 9.64 Å². The van der Waals surface area contributed by atoms with Gasteiger partial charge in [0.25, 0.3) is 5.56 Å². The minimum atomic E-state index is -0.717. The lowest BCUT2D eigenvalue weighted by molar-refractivity contribution is -0.133. The second kappa shape index (κ2) is 9.13. The van der Waals surface area contributed by atoms with Gasteiger partial charge in [0, 0.05) is 24.7 Å². The Morgan fingerprint density at radius 2 is 1.86 bits per heavy atom. The van der Waals surface area contributed by atoms with Crippen molar-refractivity contribution in [2.45, 2.75) is 45.1 Å². The topological polar surface area (TPSA) is 104 Å². The fourth-order valence-corrected chi connectivity index (χ4v) is 4.82. The molecular formula is C26H28N4O5. The number of hydrogen-bond donors (Lipinski definition) is 0. The Bertz CT molecular complexity index is 1420. The summed E-state index contributed by atoms with van der Waals surface area (Å²) in [5, 5.41) is -0.0236. The highest BCUT2D eigenvalue weighted by molar-refractivity contribution is 6.02. The highest BCUT2D eigenvalue weighted by Crippen LogP contribution is 2.40. The number of amides is 1. The van der Waals surface area contributed by atoms with Gasteiger partial charge >= 0.3 is 11.7 Å². The summed E-state index contributed by atoms with van der Waals surface area (Å²) in [5.74, 6) is -0.445. The molecular weight excluding hydrogens is 448 g/mol. The zero-order chi connectivity index (χ0) is 24.7. The molecule has 1 atom stereocenters. The smallest absolute Gasteiger partial charge is 0.338 e. The Hall–Kier alpha value is -3.75. The number of hydrogen-bond acceptors (Lipinski definition) is 6. The number of piperidine rings is 1. The molecule has 0 bridgehead atoms. The van der Waals surface area contributed by atoms with Crippen molar-refractivity contribution in [3.8, 4) is 5.69 Å². The summed E-state index contributed by atoms with van der Waals surface area (Å²) >= 11 is 0. The van der Waals surface area contributed by atoms with Crippen LogP contribution in [0.2, 0.25) is 0 Å². The first-order valence-electron chi connectivity index (χ1n) is 12.0. The van der Waals surface area contributed by atoms with Crippen molar-refractivity contribution >= 4 is 22.9 Å². The molecule has 0 unspecified atom stereocenters. The molecule has 1 aromatic carbocycles. The molecule has 5 rings (SSSR count). The molecule has 1 saturated carbocycles. The van der Waals surface area contributed by atoms with Crippen LogP contribution >= 0.6 is 0 Å². The van der Waals surface area contributed by atoms with Crippen LogP contribution < -0.4 is 11.2 Å². The first-order valence-corrected chi connectivity index (χ1v) is 12.0. The molecule has 2 aromatic heterocycles. The van der Waals surface area contributed by atoms with E-state index in [9.17, 15) is 19.2 Å². The summed E-state index contributed by atoms with van der Waals surface area (Å²) in [5.41, 5.74) is -0.0774. The summed E-state index contributed by atoms with van der Waals surface area (Å²) in [7, 11) is 1.25. The zero-order valence-corrected chi connectivity index (χ0v) is 19.9. The lowest BCUT2D eigenvalue weighted by Crippen LogP contribution is -2.47. The van der Waals surface area contributed by atoms with Gasteiger partial charge in [0.2, 0.25) is 5.91 Å². The second-order valence-electron chi connectivity index (χ2n) is 9.49. The molecule has 182 valence electrons. The molecule has 1 aliphatic carbocycles. The first kappa shape index (κ1) is 23.0. The molecule has 0 spiro atoms. The van der Waals surface area contributed by atoms with Crippen LogP contribution in [0.4, 0.5) is 0 Å². The zero-order valence-electron chi connectivity index (χ0n) is 19.9. The number of para-hydroxylation sites is 1. The maximum Gasteiger partial charge on any atom is 0.338 e. The molecule has 9 nitrogen and oxygen atoms in total. The predicted octanol–water partition coefficient (Wildman–Crippen LogP) is 2.47. The fourth-order valence-electron chi connectivity index (χ4n) is 4.82. The molecule has 3 aromatic rings. The van der Waals surface area contributed by atoms with Gasteiger partial charge in [0.1, 0.15) is 6.54 Å². The number of methoxy groups -OCH3 is 1. The molecule has 1 aliphatic heterocycles. The van der Waals surface area contributed by atoms with Crippen molar-refractivity contribution < 1.29 is 14.3 Å². The minimum absolute atomic E-state index is 0.0236. The molecule has 1 saturated heterocycles. The van der Waals surface area contributed by atoms with E-state index in [1.54, 1.807) is 35.2 Å². The number of rotatable bonds is 5. The number of carbonyl (C=O) groups excluding carboxylic acids is 2.